The average Bonchev–Trinajstić information content (AvgIpc) is 3.77. The van der Waals surface area contributed by atoms with Crippen LogP contribution in [0.2, 0.25) is 0 Å². The highest BCUT2D eigenvalue weighted by Crippen LogP contribution is 2.40. The molecule has 3 aliphatic rings. The molecule has 1 aromatic heterocycles. The van der Waals surface area contributed by atoms with E-state index in [0.29, 0.717) is 12.1 Å². The summed E-state index contributed by atoms with van der Waals surface area (Å²) in [6, 6.07) is 15.1. The second-order valence-electron chi connectivity index (χ2n) is 11.7. The maximum Gasteiger partial charge on any atom is 0.335 e. The molecule has 5 atom stereocenters. The number of carbonyl (C=O) groups excluding carboxylic acids is 1. The Kier molecular flexibility index (Phi) is 8.64. The first-order valence-electron chi connectivity index (χ1n) is 15.2. The zero-order valence-electron chi connectivity index (χ0n) is 24.8. The van der Waals surface area contributed by atoms with E-state index < -0.39 is 42.2 Å². The Balaban J connectivity index is 1.22. The summed E-state index contributed by atoms with van der Waals surface area (Å²) in [5, 5.41) is 51.4. The number of nitrogens with zero attached hydrogens (tertiary/aromatic N) is 6. The van der Waals surface area contributed by atoms with E-state index in [1.54, 1.807) is 12.1 Å². The first kappa shape index (κ1) is 30.8. The predicted molar refractivity (Wildman–Crippen MR) is 158 cm³/mol. The van der Waals surface area contributed by atoms with Crippen molar-refractivity contribution in [3.05, 3.63) is 54.1 Å². The number of amidine groups is 1. The van der Waals surface area contributed by atoms with Gasteiger partial charge in [-0.25, -0.2) is 4.79 Å². The molecule has 3 aromatic rings. The Labute approximate surface area is 258 Å². The van der Waals surface area contributed by atoms with Gasteiger partial charge < -0.3 is 30.0 Å². The number of aliphatic hydroxyl groups is 3. The number of ether oxygens (including phenoxy) is 1. The van der Waals surface area contributed by atoms with Crippen LogP contribution in [0.3, 0.4) is 0 Å². The largest absolute Gasteiger partial charge is 0.479 e. The fraction of sp³-hybridized carbons (Fsp3) is 0.484. The average molecular weight is 621 g/mol. The summed E-state index contributed by atoms with van der Waals surface area (Å²) < 4.78 is 5.22. The normalized spacial score (nSPS) is 26.0. The monoisotopic (exact) mass is 620 g/mol. The first-order chi connectivity index (χ1) is 21.7. The van der Waals surface area contributed by atoms with E-state index in [1.807, 2.05) is 41.3 Å². The maximum atomic E-state index is 13.6. The van der Waals surface area contributed by atoms with Crippen molar-refractivity contribution < 1.29 is 39.6 Å². The number of rotatable bonds is 10. The van der Waals surface area contributed by atoms with Crippen molar-refractivity contribution in [3.8, 4) is 22.5 Å². The minimum absolute atomic E-state index is 0.108. The van der Waals surface area contributed by atoms with Gasteiger partial charge in [-0.15, -0.1) is 5.10 Å². The van der Waals surface area contributed by atoms with E-state index in [1.165, 1.54) is 0 Å². The Morgan fingerprint density at radius 2 is 1.73 bits per heavy atom. The van der Waals surface area contributed by atoms with Crippen LogP contribution < -0.4 is 4.84 Å². The third-order valence-corrected chi connectivity index (χ3v) is 8.71. The quantitative estimate of drug-likeness (QED) is 0.257. The van der Waals surface area contributed by atoms with Gasteiger partial charge in [0.05, 0.1) is 6.54 Å². The molecule has 45 heavy (non-hydrogen) atoms. The zero-order chi connectivity index (χ0) is 31.7. The van der Waals surface area contributed by atoms with Gasteiger partial charge in [-0.3, -0.25) is 14.7 Å². The Morgan fingerprint density at radius 3 is 2.42 bits per heavy atom. The number of carbonyl (C=O) groups is 2. The number of carboxylic acids is 1. The van der Waals surface area contributed by atoms with Crippen molar-refractivity contribution in [2.24, 2.45) is 4.99 Å². The number of aliphatic imine (C=N–C) groups is 1. The predicted octanol–water partition coefficient (Wildman–Crippen LogP) is 1.57. The number of benzene rings is 2. The molecule has 1 amide bonds. The molecule has 0 unspecified atom stereocenters. The van der Waals surface area contributed by atoms with Gasteiger partial charge in [0.15, 0.2) is 6.10 Å². The molecule has 0 radical (unpaired) electrons. The van der Waals surface area contributed by atoms with Crippen LogP contribution in [0.25, 0.3) is 22.5 Å². The molecule has 1 saturated heterocycles. The summed E-state index contributed by atoms with van der Waals surface area (Å²) in [6.07, 6.45) is -2.57. The lowest BCUT2D eigenvalue weighted by Gasteiger charge is -2.37. The van der Waals surface area contributed by atoms with E-state index in [4.69, 9.17) is 14.6 Å². The fourth-order valence-electron chi connectivity index (χ4n) is 6.24. The van der Waals surface area contributed by atoms with Crippen molar-refractivity contribution >= 4 is 17.7 Å². The molecular formula is C31H36N6O8. The highest BCUT2D eigenvalue weighted by molar-refractivity contribution is 6.08. The van der Waals surface area contributed by atoms with Gasteiger partial charge in [-0.05, 0) is 46.4 Å². The number of unbranched alkanes of at least 4 members (excludes halogenated alkanes) is 1. The van der Waals surface area contributed by atoms with Crippen molar-refractivity contribution in [2.45, 2.75) is 94.7 Å². The van der Waals surface area contributed by atoms with E-state index in [9.17, 15) is 30.0 Å². The molecular weight excluding hydrogens is 584 g/mol. The minimum atomic E-state index is -1.86. The van der Waals surface area contributed by atoms with Crippen LogP contribution in [0.4, 0.5) is 0 Å². The third-order valence-electron chi connectivity index (χ3n) is 8.71. The van der Waals surface area contributed by atoms with Crippen molar-refractivity contribution in [3.63, 3.8) is 0 Å². The van der Waals surface area contributed by atoms with E-state index in [2.05, 4.69) is 22.4 Å². The van der Waals surface area contributed by atoms with Gasteiger partial charge in [0.25, 0.3) is 12.2 Å². The summed E-state index contributed by atoms with van der Waals surface area (Å²) in [5.74, 6) is -0.423. The number of aliphatic carboxylic acids is 1. The maximum absolute atomic E-state index is 13.6. The van der Waals surface area contributed by atoms with Crippen LogP contribution >= 0.6 is 0 Å². The second-order valence-corrected chi connectivity index (χ2v) is 11.7. The van der Waals surface area contributed by atoms with Crippen LogP contribution in [0.1, 0.15) is 57.4 Å². The summed E-state index contributed by atoms with van der Waals surface area (Å²) in [6.45, 7) is 2.57. The smallest absolute Gasteiger partial charge is 0.335 e. The number of carboxylic acid groups (broad SMARTS) is 1. The summed E-state index contributed by atoms with van der Waals surface area (Å²) >= 11 is 0. The fourth-order valence-corrected chi connectivity index (χ4v) is 6.24. The van der Waals surface area contributed by atoms with Crippen molar-refractivity contribution in [2.75, 3.05) is 0 Å². The number of hydrogen-bond acceptors (Lipinski definition) is 11. The molecule has 1 spiro atoms. The molecule has 1 saturated carbocycles. The lowest BCUT2D eigenvalue weighted by molar-refractivity contribution is -0.296. The van der Waals surface area contributed by atoms with Crippen LogP contribution in [0, 0.1) is 0 Å². The third kappa shape index (κ3) is 5.81. The van der Waals surface area contributed by atoms with E-state index in [-0.39, 0.29) is 11.7 Å². The van der Waals surface area contributed by atoms with Crippen LogP contribution in [0.15, 0.2) is 53.5 Å². The molecule has 14 heteroatoms. The SMILES string of the molecule is CCCCC1=NC2(CCCC2)C(=O)N1Cc1ccc(-c2ccccc2-c2nnnn2O[C@@H]2O[C@H](C(=O)O)[C@@H](O)[C@H](O)[C@H]2O)cc1. The zero-order valence-corrected chi connectivity index (χ0v) is 24.8. The van der Waals surface area contributed by atoms with Crippen LogP contribution in [-0.4, -0.2) is 99.7 Å². The topological polar surface area (TPSA) is 193 Å². The Morgan fingerprint density at radius 1 is 1.02 bits per heavy atom. The van der Waals surface area contributed by atoms with Crippen molar-refractivity contribution in [1.82, 2.24) is 25.3 Å². The summed E-state index contributed by atoms with van der Waals surface area (Å²) in [7, 11) is 0. The molecule has 6 rings (SSSR count). The molecule has 2 aromatic carbocycles. The van der Waals surface area contributed by atoms with Crippen molar-refractivity contribution in [1.29, 1.82) is 0 Å². The standard InChI is InChI=1S/C31H36N6O8/c1-2-3-10-22-32-31(15-6-7-16-31)30(43)36(22)17-18-11-13-19(14-12-18)20-8-4-5-9-21(20)27-33-34-35-37(27)45-29-25(40)23(38)24(39)26(44-29)28(41)42/h4-5,8-9,11-14,23-26,29,38-40H,2-3,6-7,10,15-17H2,1H3,(H,41,42)/t23-,24-,25+,26-,29-/m0/s1. The summed E-state index contributed by atoms with van der Waals surface area (Å²) in [4.78, 5) is 38.4. The molecule has 238 valence electrons. The van der Waals surface area contributed by atoms with Crippen LogP contribution in [-0.2, 0) is 20.9 Å². The van der Waals surface area contributed by atoms with E-state index in [0.717, 1.165) is 72.3 Å². The van der Waals surface area contributed by atoms with Gasteiger partial charge in [0.2, 0.25) is 5.82 Å². The van der Waals surface area contributed by atoms with Gasteiger partial charge in [-0.2, -0.15) is 0 Å². The number of hydrogen-bond donors (Lipinski definition) is 4. The summed E-state index contributed by atoms with van der Waals surface area (Å²) in [5.41, 5.74) is 2.53. The van der Waals surface area contributed by atoms with Gasteiger partial charge >= 0.3 is 5.97 Å². The molecule has 2 aliphatic heterocycles. The minimum Gasteiger partial charge on any atom is -0.479 e. The number of aliphatic hydroxyl groups excluding tert-OH is 3. The highest BCUT2D eigenvalue weighted by Gasteiger charge is 2.50. The van der Waals surface area contributed by atoms with Crippen LogP contribution in [0.5, 0.6) is 0 Å². The first-order valence-corrected chi connectivity index (χ1v) is 15.2. The second kappa shape index (κ2) is 12.6. The lowest BCUT2D eigenvalue weighted by Crippen LogP contribution is -2.62. The Hall–Kier alpha value is -4.24. The highest BCUT2D eigenvalue weighted by atomic mass is 16.8. The number of amides is 1. The van der Waals surface area contributed by atoms with Gasteiger partial charge in [0.1, 0.15) is 29.7 Å². The number of aromatic nitrogens is 4. The lowest BCUT2D eigenvalue weighted by atomic mass is 9.97. The molecule has 14 nitrogen and oxygen atoms in total. The molecule has 4 N–H and O–H groups in total. The molecule has 1 aliphatic carbocycles. The van der Waals surface area contributed by atoms with Gasteiger partial charge in [0, 0.05) is 12.0 Å². The molecule has 3 heterocycles. The molecule has 0 bridgehead atoms. The van der Waals surface area contributed by atoms with Gasteiger partial charge in [-0.1, -0.05) is 79.6 Å². The number of tetrazole rings is 1. The molecule has 2 fully saturated rings. The van der Waals surface area contributed by atoms with E-state index >= 15 is 0 Å². The Bertz CT molecular complexity index is 1570.